The number of benzene rings is 1. The van der Waals surface area contributed by atoms with Crippen molar-refractivity contribution >= 4 is 28.8 Å². The number of anilines is 1. The molecule has 0 saturated heterocycles. The molecule has 0 heterocycles. The molecule has 1 amide bonds. The number of hydrogen-bond donors (Lipinski definition) is 2. The molecule has 4 nitrogen and oxygen atoms in total. The Morgan fingerprint density at radius 1 is 1.29 bits per heavy atom. The number of nitrogens with one attached hydrogen (secondary N) is 1. The van der Waals surface area contributed by atoms with Gasteiger partial charge in [0.05, 0.1) is 13.0 Å². The van der Waals surface area contributed by atoms with Crippen LogP contribution in [0.1, 0.15) is 44.6 Å². The summed E-state index contributed by atoms with van der Waals surface area (Å²) in [5, 5.41) is 2.81. The Morgan fingerprint density at radius 2 is 2.10 bits per heavy atom. The summed E-state index contributed by atoms with van der Waals surface area (Å²) in [6.45, 7) is 3.36. The molecule has 0 aliphatic carbocycles. The molecule has 0 radical (unpaired) electrons. The van der Waals surface area contributed by atoms with Gasteiger partial charge in [-0.3, -0.25) is 4.79 Å². The zero-order valence-corrected chi connectivity index (χ0v) is 13.4. The molecule has 21 heavy (non-hydrogen) atoms. The van der Waals surface area contributed by atoms with Gasteiger partial charge < -0.3 is 15.8 Å². The van der Waals surface area contributed by atoms with E-state index in [4.69, 9.17) is 22.7 Å². The molecule has 1 rings (SSSR count). The molecule has 0 spiro atoms. The Labute approximate surface area is 132 Å². The summed E-state index contributed by atoms with van der Waals surface area (Å²) in [5.74, 6) is -0.0661. The lowest BCUT2D eigenvalue weighted by molar-refractivity contribution is -0.117. The number of carbonyl (C=O) groups is 1. The molecule has 0 fully saturated rings. The Morgan fingerprint density at radius 3 is 2.81 bits per heavy atom. The van der Waals surface area contributed by atoms with Gasteiger partial charge in [0.1, 0.15) is 4.99 Å². The van der Waals surface area contributed by atoms with Crippen LogP contribution >= 0.6 is 12.2 Å². The Balaban J connectivity index is 2.21. The summed E-state index contributed by atoms with van der Waals surface area (Å²) >= 11 is 4.91. The highest BCUT2D eigenvalue weighted by molar-refractivity contribution is 7.80. The number of unbranched alkanes of at least 4 members (excludes halogenated alkanes) is 3. The molecule has 0 bridgehead atoms. The van der Waals surface area contributed by atoms with Crippen molar-refractivity contribution in [3.8, 4) is 0 Å². The normalized spacial score (nSPS) is 10.3. The second kappa shape index (κ2) is 10.3. The quantitative estimate of drug-likeness (QED) is 0.514. The van der Waals surface area contributed by atoms with E-state index in [2.05, 4.69) is 12.2 Å². The Kier molecular flexibility index (Phi) is 8.62. The number of ether oxygens (including phenoxy) is 1. The maximum atomic E-state index is 11.8. The molecule has 1 aromatic rings. The number of nitrogens with two attached hydrogens (primary N) is 1. The first-order valence-corrected chi connectivity index (χ1v) is 7.81. The monoisotopic (exact) mass is 308 g/mol. The van der Waals surface area contributed by atoms with Crippen LogP contribution in [0.4, 0.5) is 5.69 Å². The highest BCUT2D eigenvalue weighted by atomic mass is 32.1. The van der Waals surface area contributed by atoms with Crippen LogP contribution in [0, 0.1) is 0 Å². The van der Waals surface area contributed by atoms with Crippen LogP contribution in [0.15, 0.2) is 24.3 Å². The maximum Gasteiger partial charge on any atom is 0.226 e. The van der Waals surface area contributed by atoms with Crippen LogP contribution in [0.2, 0.25) is 0 Å². The fourth-order valence-electron chi connectivity index (χ4n) is 1.87. The summed E-state index contributed by atoms with van der Waals surface area (Å²) < 4.78 is 5.45. The molecular weight excluding hydrogens is 284 g/mol. The number of hydrogen-bond acceptors (Lipinski definition) is 3. The van der Waals surface area contributed by atoms with Crippen LogP contribution < -0.4 is 11.1 Å². The minimum Gasteiger partial charge on any atom is -0.389 e. The van der Waals surface area contributed by atoms with Gasteiger partial charge in [0.2, 0.25) is 5.91 Å². The first-order valence-electron chi connectivity index (χ1n) is 7.41. The molecule has 0 saturated carbocycles. The smallest absolute Gasteiger partial charge is 0.226 e. The van der Waals surface area contributed by atoms with Crippen molar-refractivity contribution in [2.75, 3.05) is 18.5 Å². The largest absolute Gasteiger partial charge is 0.389 e. The van der Waals surface area contributed by atoms with E-state index in [-0.39, 0.29) is 5.91 Å². The molecule has 1 aromatic carbocycles. The third-order valence-electron chi connectivity index (χ3n) is 3.05. The van der Waals surface area contributed by atoms with Crippen molar-refractivity contribution in [2.24, 2.45) is 5.73 Å². The van der Waals surface area contributed by atoms with Gasteiger partial charge in [-0.15, -0.1) is 0 Å². The van der Waals surface area contributed by atoms with E-state index < -0.39 is 0 Å². The summed E-state index contributed by atoms with van der Waals surface area (Å²) in [5.41, 5.74) is 7.01. The minimum absolute atomic E-state index is 0.0661. The van der Waals surface area contributed by atoms with E-state index in [0.29, 0.717) is 23.7 Å². The summed E-state index contributed by atoms with van der Waals surface area (Å²) in [6.07, 6.45) is 5.06. The van der Waals surface area contributed by atoms with Gasteiger partial charge in [-0.25, -0.2) is 0 Å². The summed E-state index contributed by atoms with van der Waals surface area (Å²) in [6, 6.07) is 7.21. The van der Waals surface area contributed by atoms with Gasteiger partial charge >= 0.3 is 0 Å². The SMILES string of the molecule is CCCCCCOCCC(=O)Nc1cccc(C(N)=S)c1. The molecule has 0 aliphatic rings. The van der Waals surface area contributed by atoms with Crippen molar-refractivity contribution in [3.05, 3.63) is 29.8 Å². The van der Waals surface area contributed by atoms with Crippen molar-refractivity contribution in [1.29, 1.82) is 0 Å². The van der Waals surface area contributed by atoms with Crippen LogP contribution in [0.5, 0.6) is 0 Å². The molecule has 0 unspecified atom stereocenters. The summed E-state index contributed by atoms with van der Waals surface area (Å²) in [7, 11) is 0. The lowest BCUT2D eigenvalue weighted by Crippen LogP contribution is -2.15. The molecule has 5 heteroatoms. The highest BCUT2D eigenvalue weighted by Crippen LogP contribution is 2.11. The van der Waals surface area contributed by atoms with Gasteiger partial charge in [-0.2, -0.15) is 0 Å². The fourth-order valence-corrected chi connectivity index (χ4v) is 2.00. The highest BCUT2D eigenvalue weighted by Gasteiger charge is 2.04. The standard InChI is InChI=1S/C16H24N2O2S/c1-2-3-4-5-10-20-11-9-15(19)18-14-8-6-7-13(12-14)16(17)21/h6-8,12H,2-5,9-11H2,1H3,(H2,17,21)(H,18,19). The predicted octanol–water partition coefficient (Wildman–Crippen LogP) is 3.25. The second-order valence-corrected chi connectivity index (χ2v) is 5.36. The van der Waals surface area contributed by atoms with E-state index in [1.165, 1.54) is 19.3 Å². The second-order valence-electron chi connectivity index (χ2n) is 4.92. The van der Waals surface area contributed by atoms with Crippen molar-refractivity contribution in [3.63, 3.8) is 0 Å². The number of carbonyl (C=O) groups excluding carboxylic acids is 1. The van der Waals surface area contributed by atoms with Gasteiger partial charge in [0, 0.05) is 17.9 Å². The number of rotatable bonds is 10. The van der Waals surface area contributed by atoms with Crippen LogP contribution in [-0.4, -0.2) is 24.1 Å². The van der Waals surface area contributed by atoms with Gasteiger partial charge in [0.15, 0.2) is 0 Å². The van der Waals surface area contributed by atoms with E-state index in [9.17, 15) is 4.79 Å². The average Bonchev–Trinajstić information content (AvgIpc) is 2.46. The van der Waals surface area contributed by atoms with Gasteiger partial charge in [-0.1, -0.05) is 50.5 Å². The lowest BCUT2D eigenvalue weighted by atomic mass is 10.2. The lowest BCUT2D eigenvalue weighted by Gasteiger charge is -2.07. The van der Waals surface area contributed by atoms with E-state index >= 15 is 0 Å². The topological polar surface area (TPSA) is 64.3 Å². The average molecular weight is 308 g/mol. The van der Waals surface area contributed by atoms with Crippen LogP contribution in [0.3, 0.4) is 0 Å². The Bertz CT molecular complexity index is 463. The van der Waals surface area contributed by atoms with E-state index in [0.717, 1.165) is 18.6 Å². The molecule has 0 aromatic heterocycles. The molecular formula is C16H24N2O2S. The van der Waals surface area contributed by atoms with Gasteiger partial charge in [0.25, 0.3) is 0 Å². The zero-order valence-electron chi connectivity index (χ0n) is 12.6. The third-order valence-corrected chi connectivity index (χ3v) is 3.28. The predicted molar refractivity (Wildman–Crippen MR) is 90.5 cm³/mol. The van der Waals surface area contributed by atoms with Crippen molar-refractivity contribution in [1.82, 2.24) is 0 Å². The third kappa shape index (κ3) is 7.78. The Hall–Kier alpha value is -1.46. The van der Waals surface area contributed by atoms with E-state index in [1.54, 1.807) is 6.07 Å². The van der Waals surface area contributed by atoms with E-state index in [1.807, 2.05) is 18.2 Å². The molecule has 0 aliphatic heterocycles. The van der Waals surface area contributed by atoms with Crippen LogP contribution in [0.25, 0.3) is 0 Å². The maximum absolute atomic E-state index is 11.8. The minimum atomic E-state index is -0.0661. The van der Waals surface area contributed by atoms with Gasteiger partial charge in [-0.05, 0) is 18.6 Å². The molecule has 0 atom stereocenters. The first kappa shape index (κ1) is 17.6. The fraction of sp³-hybridized carbons (Fsp3) is 0.500. The van der Waals surface area contributed by atoms with Crippen molar-refractivity contribution in [2.45, 2.75) is 39.0 Å². The zero-order chi connectivity index (χ0) is 15.5. The van der Waals surface area contributed by atoms with Crippen molar-refractivity contribution < 1.29 is 9.53 Å². The first-order chi connectivity index (χ1) is 10.1. The number of amides is 1. The molecule has 3 N–H and O–H groups in total. The number of thiocarbonyl (C=S) groups is 1. The van der Waals surface area contributed by atoms with Crippen LogP contribution in [-0.2, 0) is 9.53 Å². The molecule has 116 valence electrons. The summed E-state index contributed by atoms with van der Waals surface area (Å²) in [4.78, 5) is 12.1.